The normalized spacial score (nSPS) is 25.1. The molecule has 0 aliphatic heterocycles. The zero-order valence-electron chi connectivity index (χ0n) is 11.5. The summed E-state index contributed by atoms with van der Waals surface area (Å²) in [6.07, 6.45) is 6.45. The summed E-state index contributed by atoms with van der Waals surface area (Å²) in [5.74, 6) is 0. The minimum atomic E-state index is 0.358. The molecular weight excluding hydrogens is 220 g/mol. The van der Waals surface area contributed by atoms with E-state index in [-0.39, 0.29) is 0 Å². The molecule has 0 bridgehead atoms. The van der Waals surface area contributed by atoms with Gasteiger partial charge in [-0.15, -0.1) is 0 Å². The van der Waals surface area contributed by atoms with Crippen molar-refractivity contribution in [3.63, 3.8) is 0 Å². The average Bonchev–Trinajstić information content (AvgIpc) is 2.62. The van der Waals surface area contributed by atoms with Gasteiger partial charge in [0.15, 0.2) is 0 Å². The lowest BCUT2D eigenvalue weighted by molar-refractivity contribution is 0.162. The Hall–Kier alpha value is -0.860. The topological polar surface area (TPSA) is 29.3 Å². The van der Waals surface area contributed by atoms with Gasteiger partial charge in [0.05, 0.1) is 0 Å². The third kappa shape index (κ3) is 3.56. The predicted molar refractivity (Wildman–Crippen MR) is 77.4 cm³/mol. The summed E-state index contributed by atoms with van der Waals surface area (Å²) in [6.45, 7) is 4.38. The molecule has 100 valence electrons. The molecule has 2 N–H and O–H groups in total. The molecule has 1 aliphatic carbocycles. The molecule has 0 radical (unpaired) electrons. The summed E-state index contributed by atoms with van der Waals surface area (Å²) in [7, 11) is 0. The van der Waals surface area contributed by atoms with E-state index in [1.54, 1.807) is 0 Å². The molecule has 2 rings (SSSR count). The lowest BCUT2D eigenvalue weighted by Crippen LogP contribution is -2.46. The maximum atomic E-state index is 6.37. The fraction of sp³-hybridized carbons (Fsp3) is 0.625. The zero-order chi connectivity index (χ0) is 12.8. The molecule has 1 aromatic carbocycles. The zero-order valence-corrected chi connectivity index (χ0v) is 11.5. The number of likely N-dealkylation sites (N-methyl/N-ethyl adjacent to an activating group) is 1. The molecule has 2 heteroatoms. The van der Waals surface area contributed by atoms with Crippen LogP contribution in [0.25, 0.3) is 0 Å². The second kappa shape index (κ2) is 6.91. The van der Waals surface area contributed by atoms with E-state index in [9.17, 15) is 0 Å². The number of benzene rings is 1. The van der Waals surface area contributed by atoms with E-state index < -0.39 is 0 Å². The highest BCUT2D eigenvalue weighted by Crippen LogP contribution is 2.22. The van der Waals surface area contributed by atoms with Gasteiger partial charge in [-0.2, -0.15) is 0 Å². The van der Waals surface area contributed by atoms with Crippen LogP contribution in [0.2, 0.25) is 0 Å². The van der Waals surface area contributed by atoms with Gasteiger partial charge in [0.25, 0.3) is 0 Å². The third-order valence-corrected chi connectivity index (χ3v) is 4.14. The fourth-order valence-corrected chi connectivity index (χ4v) is 3.05. The molecule has 0 spiro atoms. The highest BCUT2D eigenvalue weighted by molar-refractivity contribution is 5.14. The summed E-state index contributed by atoms with van der Waals surface area (Å²) in [5, 5.41) is 0. The number of rotatable bonds is 4. The smallest absolute Gasteiger partial charge is 0.0250 e. The molecule has 18 heavy (non-hydrogen) atoms. The molecule has 0 heterocycles. The Morgan fingerprint density at radius 1 is 1.11 bits per heavy atom. The van der Waals surface area contributed by atoms with E-state index in [4.69, 9.17) is 5.73 Å². The molecule has 1 aromatic rings. The largest absolute Gasteiger partial charge is 0.326 e. The second-order valence-electron chi connectivity index (χ2n) is 5.42. The molecule has 2 unspecified atom stereocenters. The Morgan fingerprint density at radius 3 is 2.56 bits per heavy atom. The van der Waals surface area contributed by atoms with Crippen molar-refractivity contribution in [2.75, 3.05) is 6.54 Å². The summed E-state index contributed by atoms with van der Waals surface area (Å²) >= 11 is 0. The molecule has 2 atom stereocenters. The van der Waals surface area contributed by atoms with Crippen molar-refractivity contribution in [2.45, 2.75) is 57.7 Å². The van der Waals surface area contributed by atoms with E-state index in [1.165, 1.54) is 37.7 Å². The lowest BCUT2D eigenvalue weighted by atomic mass is 10.0. The van der Waals surface area contributed by atoms with Gasteiger partial charge >= 0.3 is 0 Å². The minimum Gasteiger partial charge on any atom is -0.326 e. The van der Waals surface area contributed by atoms with E-state index >= 15 is 0 Å². The first-order valence-electron chi connectivity index (χ1n) is 7.35. The lowest BCUT2D eigenvalue weighted by Gasteiger charge is -2.34. The van der Waals surface area contributed by atoms with Gasteiger partial charge in [-0.25, -0.2) is 0 Å². The average molecular weight is 246 g/mol. The van der Waals surface area contributed by atoms with Crippen LogP contribution < -0.4 is 5.73 Å². The van der Waals surface area contributed by atoms with Crippen molar-refractivity contribution in [1.82, 2.24) is 4.90 Å². The van der Waals surface area contributed by atoms with E-state index in [0.29, 0.717) is 12.1 Å². The Kier molecular flexibility index (Phi) is 5.21. The van der Waals surface area contributed by atoms with Crippen molar-refractivity contribution in [3.05, 3.63) is 35.9 Å². The molecule has 2 nitrogen and oxygen atoms in total. The monoisotopic (exact) mass is 246 g/mol. The van der Waals surface area contributed by atoms with Crippen molar-refractivity contribution in [2.24, 2.45) is 5.73 Å². The summed E-state index contributed by atoms with van der Waals surface area (Å²) in [5.41, 5.74) is 7.77. The van der Waals surface area contributed by atoms with E-state index in [1.807, 2.05) is 0 Å². The fourth-order valence-electron chi connectivity index (χ4n) is 3.05. The molecule has 1 saturated carbocycles. The van der Waals surface area contributed by atoms with Crippen LogP contribution in [-0.4, -0.2) is 23.5 Å². The standard InChI is InChI=1S/C16H26N2/c1-2-18(13-14-9-5-3-6-10-14)16-12-8-4-7-11-15(16)17/h3,5-6,9-10,15-16H,2,4,7-8,11-13,17H2,1H3. The maximum absolute atomic E-state index is 6.37. The van der Waals surface area contributed by atoms with Crippen molar-refractivity contribution < 1.29 is 0 Å². The van der Waals surface area contributed by atoms with Crippen molar-refractivity contribution in [3.8, 4) is 0 Å². The Morgan fingerprint density at radius 2 is 1.83 bits per heavy atom. The summed E-state index contributed by atoms with van der Waals surface area (Å²) in [6, 6.07) is 11.7. The van der Waals surface area contributed by atoms with Crippen molar-refractivity contribution >= 4 is 0 Å². The number of nitrogens with zero attached hydrogens (tertiary/aromatic N) is 1. The molecule has 0 saturated heterocycles. The minimum absolute atomic E-state index is 0.358. The van der Waals surface area contributed by atoms with Gasteiger partial charge < -0.3 is 5.73 Å². The molecule has 0 amide bonds. The van der Waals surface area contributed by atoms with Crippen LogP contribution >= 0.6 is 0 Å². The summed E-state index contributed by atoms with van der Waals surface area (Å²) < 4.78 is 0. The van der Waals surface area contributed by atoms with E-state index in [2.05, 4.69) is 42.2 Å². The molecule has 0 aromatic heterocycles. The first-order chi connectivity index (χ1) is 8.81. The maximum Gasteiger partial charge on any atom is 0.0250 e. The van der Waals surface area contributed by atoms with Gasteiger partial charge in [0.2, 0.25) is 0 Å². The highest BCUT2D eigenvalue weighted by atomic mass is 15.2. The Labute approximate surface area is 111 Å². The van der Waals surface area contributed by atoms with Crippen LogP contribution in [0.3, 0.4) is 0 Å². The van der Waals surface area contributed by atoms with Gasteiger partial charge in [-0.1, -0.05) is 56.5 Å². The second-order valence-corrected chi connectivity index (χ2v) is 5.42. The van der Waals surface area contributed by atoms with Gasteiger partial charge in [0.1, 0.15) is 0 Å². The van der Waals surface area contributed by atoms with Gasteiger partial charge in [0, 0.05) is 18.6 Å². The van der Waals surface area contributed by atoms with Crippen LogP contribution in [0.5, 0.6) is 0 Å². The quantitative estimate of drug-likeness (QED) is 0.827. The first kappa shape index (κ1) is 13.6. The van der Waals surface area contributed by atoms with Gasteiger partial charge in [-0.05, 0) is 24.9 Å². The first-order valence-corrected chi connectivity index (χ1v) is 7.35. The van der Waals surface area contributed by atoms with E-state index in [0.717, 1.165) is 13.1 Å². The summed E-state index contributed by atoms with van der Waals surface area (Å²) in [4.78, 5) is 2.56. The van der Waals surface area contributed by atoms with Gasteiger partial charge in [-0.3, -0.25) is 4.90 Å². The Balaban J connectivity index is 2.02. The van der Waals surface area contributed by atoms with Crippen LogP contribution in [0.4, 0.5) is 0 Å². The van der Waals surface area contributed by atoms with Crippen LogP contribution in [0.1, 0.15) is 44.6 Å². The number of nitrogens with two attached hydrogens (primary N) is 1. The molecular formula is C16H26N2. The van der Waals surface area contributed by atoms with Crippen molar-refractivity contribution in [1.29, 1.82) is 0 Å². The molecule has 1 fully saturated rings. The number of hydrogen-bond acceptors (Lipinski definition) is 2. The predicted octanol–water partition coefficient (Wildman–Crippen LogP) is 3.17. The molecule has 1 aliphatic rings. The third-order valence-electron chi connectivity index (χ3n) is 4.14. The number of hydrogen-bond donors (Lipinski definition) is 1. The van der Waals surface area contributed by atoms with Crippen LogP contribution in [-0.2, 0) is 6.54 Å². The SMILES string of the molecule is CCN(Cc1ccccc1)C1CCCCCC1N. The van der Waals surface area contributed by atoms with Crippen LogP contribution in [0, 0.1) is 0 Å². The van der Waals surface area contributed by atoms with Crippen LogP contribution in [0.15, 0.2) is 30.3 Å². The highest BCUT2D eigenvalue weighted by Gasteiger charge is 2.25. The Bertz CT molecular complexity index is 336.